The predicted octanol–water partition coefficient (Wildman–Crippen LogP) is 3.81. The SMILES string of the molecule is CNC(c1cccs1)C1CCc2ccccc2C1. The highest BCUT2D eigenvalue weighted by Crippen LogP contribution is 2.35. The summed E-state index contributed by atoms with van der Waals surface area (Å²) in [6.45, 7) is 0. The fraction of sp³-hybridized carbons (Fsp3) is 0.375. The third-order valence-electron chi connectivity index (χ3n) is 4.02. The highest BCUT2D eigenvalue weighted by molar-refractivity contribution is 7.10. The molecular weight excluding hydrogens is 238 g/mol. The van der Waals surface area contributed by atoms with E-state index in [0.717, 1.165) is 5.92 Å². The van der Waals surface area contributed by atoms with Crippen LogP contribution in [0.15, 0.2) is 41.8 Å². The summed E-state index contributed by atoms with van der Waals surface area (Å²) in [4.78, 5) is 1.47. The molecule has 0 saturated heterocycles. The van der Waals surface area contributed by atoms with Crippen LogP contribution >= 0.6 is 11.3 Å². The number of thiophene rings is 1. The Balaban J connectivity index is 1.82. The van der Waals surface area contributed by atoms with Crippen LogP contribution in [0.2, 0.25) is 0 Å². The van der Waals surface area contributed by atoms with Crippen LogP contribution in [-0.4, -0.2) is 7.05 Å². The molecule has 3 rings (SSSR count). The van der Waals surface area contributed by atoms with Gasteiger partial charge in [-0.2, -0.15) is 0 Å². The van der Waals surface area contributed by atoms with Crippen LogP contribution < -0.4 is 5.32 Å². The summed E-state index contributed by atoms with van der Waals surface area (Å²) < 4.78 is 0. The summed E-state index contributed by atoms with van der Waals surface area (Å²) in [7, 11) is 2.09. The Morgan fingerprint density at radius 3 is 2.72 bits per heavy atom. The first-order valence-corrected chi connectivity index (χ1v) is 7.54. The number of aryl methyl sites for hydroxylation is 1. The Morgan fingerprint density at radius 1 is 1.17 bits per heavy atom. The first-order chi connectivity index (χ1) is 8.88. The van der Waals surface area contributed by atoms with Gasteiger partial charge in [0.05, 0.1) is 0 Å². The van der Waals surface area contributed by atoms with E-state index in [0.29, 0.717) is 6.04 Å². The lowest BCUT2D eigenvalue weighted by Crippen LogP contribution is -2.29. The lowest BCUT2D eigenvalue weighted by Gasteiger charge is -2.31. The second kappa shape index (κ2) is 5.25. The summed E-state index contributed by atoms with van der Waals surface area (Å²) in [5.74, 6) is 0.726. The Kier molecular flexibility index (Phi) is 3.48. The molecule has 1 aromatic carbocycles. The van der Waals surface area contributed by atoms with Crippen molar-refractivity contribution in [2.24, 2.45) is 5.92 Å². The third kappa shape index (κ3) is 2.23. The van der Waals surface area contributed by atoms with Gasteiger partial charge in [-0.05, 0) is 54.8 Å². The quantitative estimate of drug-likeness (QED) is 0.881. The number of hydrogen-bond donors (Lipinski definition) is 1. The van der Waals surface area contributed by atoms with E-state index >= 15 is 0 Å². The van der Waals surface area contributed by atoms with Gasteiger partial charge in [-0.15, -0.1) is 11.3 Å². The minimum absolute atomic E-state index is 0.512. The molecule has 2 unspecified atom stereocenters. The fourth-order valence-electron chi connectivity index (χ4n) is 3.09. The average molecular weight is 257 g/mol. The third-order valence-corrected chi connectivity index (χ3v) is 4.97. The molecule has 1 N–H and O–H groups in total. The topological polar surface area (TPSA) is 12.0 Å². The van der Waals surface area contributed by atoms with Gasteiger partial charge in [0.15, 0.2) is 0 Å². The van der Waals surface area contributed by atoms with E-state index in [1.165, 1.54) is 24.1 Å². The maximum absolute atomic E-state index is 3.52. The van der Waals surface area contributed by atoms with Gasteiger partial charge in [-0.1, -0.05) is 30.3 Å². The van der Waals surface area contributed by atoms with Crippen LogP contribution in [0.25, 0.3) is 0 Å². The molecule has 2 atom stereocenters. The first kappa shape index (κ1) is 11.9. The minimum Gasteiger partial charge on any atom is -0.312 e. The molecule has 0 spiro atoms. The van der Waals surface area contributed by atoms with Crippen molar-refractivity contribution in [3.05, 3.63) is 57.8 Å². The molecule has 2 aromatic rings. The molecular formula is C16H19NS. The average Bonchev–Trinajstić information content (AvgIpc) is 2.93. The summed E-state index contributed by atoms with van der Waals surface area (Å²) in [6.07, 6.45) is 3.73. The Labute approximate surface area is 113 Å². The molecule has 1 aliphatic rings. The van der Waals surface area contributed by atoms with Gasteiger partial charge in [0.2, 0.25) is 0 Å². The number of benzene rings is 1. The largest absolute Gasteiger partial charge is 0.312 e. The monoisotopic (exact) mass is 257 g/mol. The fourth-order valence-corrected chi connectivity index (χ4v) is 4.02. The van der Waals surface area contributed by atoms with Crippen molar-refractivity contribution in [1.29, 1.82) is 0 Å². The van der Waals surface area contributed by atoms with Gasteiger partial charge in [0.25, 0.3) is 0 Å². The summed E-state index contributed by atoms with van der Waals surface area (Å²) in [6, 6.07) is 13.8. The number of nitrogens with one attached hydrogen (secondary N) is 1. The molecule has 1 heterocycles. The van der Waals surface area contributed by atoms with Crippen molar-refractivity contribution in [2.75, 3.05) is 7.05 Å². The lowest BCUT2D eigenvalue weighted by molar-refractivity contribution is 0.346. The van der Waals surface area contributed by atoms with Gasteiger partial charge < -0.3 is 5.32 Å². The maximum Gasteiger partial charge on any atom is 0.0444 e. The van der Waals surface area contributed by atoms with Crippen molar-refractivity contribution in [3.63, 3.8) is 0 Å². The smallest absolute Gasteiger partial charge is 0.0444 e. The lowest BCUT2D eigenvalue weighted by atomic mass is 9.79. The molecule has 1 aromatic heterocycles. The summed E-state index contributed by atoms with van der Waals surface area (Å²) >= 11 is 1.87. The molecule has 1 aliphatic carbocycles. The van der Waals surface area contributed by atoms with Crippen molar-refractivity contribution in [1.82, 2.24) is 5.32 Å². The van der Waals surface area contributed by atoms with Gasteiger partial charge in [0.1, 0.15) is 0 Å². The van der Waals surface area contributed by atoms with Gasteiger partial charge in [-0.3, -0.25) is 0 Å². The van der Waals surface area contributed by atoms with Gasteiger partial charge >= 0.3 is 0 Å². The van der Waals surface area contributed by atoms with Crippen molar-refractivity contribution < 1.29 is 0 Å². The summed E-state index contributed by atoms with van der Waals surface area (Å²) in [5.41, 5.74) is 3.10. The van der Waals surface area contributed by atoms with Crippen LogP contribution in [-0.2, 0) is 12.8 Å². The zero-order valence-corrected chi connectivity index (χ0v) is 11.5. The molecule has 0 saturated carbocycles. The Hall–Kier alpha value is -1.12. The molecule has 94 valence electrons. The highest BCUT2D eigenvalue weighted by atomic mass is 32.1. The molecule has 0 bridgehead atoms. The maximum atomic E-state index is 3.52. The van der Waals surface area contributed by atoms with E-state index in [-0.39, 0.29) is 0 Å². The minimum atomic E-state index is 0.512. The van der Waals surface area contributed by atoms with Crippen LogP contribution in [0.1, 0.15) is 28.5 Å². The van der Waals surface area contributed by atoms with Crippen LogP contribution in [0, 0.1) is 5.92 Å². The molecule has 0 radical (unpaired) electrons. The molecule has 0 aliphatic heterocycles. The second-order valence-electron chi connectivity index (χ2n) is 5.05. The first-order valence-electron chi connectivity index (χ1n) is 6.66. The van der Waals surface area contributed by atoms with E-state index in [2.05, 4.69) is 54.1 Å². The van der Waals surface area contributed by atoms with Crippen LogP contribution in [0.5, 0.6) is 0 Å². The number of fused-ring (bicyclic) bond motifs is 1. The summed E-state index contributed by atoms with van der Waals surface area (Å²) in [5, 5.41) is 5.69. The molecule has 0 amide bonds. The number of rotatable bonds is 3. The molecule has 1 nitrogen and oxygen atoms in total. The van der Waals surface area contributed by atoms with Crippen molar-refractivity contribution in [2.45, 2.75) is 25.3 Å². The van der Waals surface area contributed by atoms with Gasteiger partial charge in [0, 0.05) is 10.9 Å². The van der Waals surface area contributed by atoms with E-state index in [1.54, 1.807) is 11.1 Å². The number of hydrogen-bond acceptors (Lipinski definition) is 2. The van der Waals surface area contributed by atoms with E-state index in [9.17, 15) is 0 Å². The van der Waals surface area contributed by atoms with Crippen LogP contribution in [0.4, 0.5) is 0 Å². The van der Waals surface area contributed by atoms with E-state index in [1.807, 2.05) is 11.3 Å². The normalized spacial score (nSPS) is 20.4. The second-order valence-corrected chi connectivity index (χ2v) is 6.03. The zero-order chi connectivity index (χ0) is 12.4. The molecule has 2 heteroatoms. The molecule has 18 heavy (non-hydrogen) atoms. The Bertz CT molecular complexity index is 504. The molecule has 0 fully saturated rings. The van der Waals surface area contributed by atoms with Crippen molar-refractivity contribution in [3.8, 4) is 0 Å². The van der Waals surface area contributed by atoms with E-state index in [4.69, 9.17) is 0 Å². The highest BCUT2D eigenvalue weighted by Gasteiger charge is 2.26. The standard InChI is InChI=1S/C16H19NS/c1-17-16(15-7-4-10-18-15)14-9-8-12-5-2-3-6-13(12)11-14/h2-7,10,14,16-17H,8-9,11H2,1H3. The van der Waals surface area contributed by atoms with Crippen LogP contribution in [0.3, 0.4) is 0 Å². The van der Waals surface area contributed by atoms with Gasteiger partial charge in [-0.25, -0.2) is 0 Å². The van der Waals surface area contributed by atoms with E-state index < -0.39 is 0 Å². The Morgan fingerprint density at radius 2 is 2.00 bits per heavy atom. The predicted molar refractivity (Wildman–Crippen MR) is 78.1 cm³/mol. The van der Waals surface area contributed by atoms with Crippen molar-refractivity contribution >= 4 is 11.3 Å². The zero-order valence-electron chi connectivity index (χ0n) is 10.7.